The van der Waals surface area contributed by atoms with Crippen LogP contribution in [-0.4, -0.2) is 52.7 Å². The maximum Gasteiger partial charge on any atom is 0.455 e. The number of para-hydroxylation sites is 1. The third-order valence-corrected chi connectivity index (χ3v) is 10.5. The van der Waals surface area contributed by atoms with Gasteiger partial charge in [0, 0.05) is 6.04 Å². The molecule has 2 heterocycles. The molecule has 4 atom stereocenters. The Hall–Kier alpha value is -4.14. The van der Waals surface area contributed by atoms with Crippen molar-refractivity contribution in [2.75, 3.05) is 6.61 Å². The highest BCUT2D eigenvalue weighted by Gasteiger charge is 2.58. The molecule has 2 N–H and O–H groups in total. The molecule has 4 aliphatic rings. The quantitative estimate of drug-likeness (QED) is 0.115. The molecule has 7 nitrogen and oxygen atoms in total. The Morgan fingerprint density at radius 1 is 0.894 bits per heavy atom. The average molecular weight is 632 g/mol. The third kappa shape index (κ3) is 6.67. The van der Waals surface area contributed by atoms with Crippen LogP contribution in [0, 0.1) is 17.8 Å². The second-order valence-electron chi connectivity index (χ2n) is 13.4. The highest BCUT2D eigenvalue weighted by molar-refractivity contribution is 6.43. The number of ether oxygens (including phenoxy) is 1. The lowest BCUT2D eigenvalue weighted by atomic mass is 9.58. The van der Waals surface area contributed by atoms with Crippen molar-refractivity contribution in [3.63, 3.8) is 0 Å². The molecule has 2 amide bonds. The van der Waals surface area contributed by atoms with Crippen molar-refractivity contribution in [2.24, 2.45) is 17.8 Å². The maximum atomic E-state index is 14.2. The number of aromatic hydroxyl groups is 1. The number of allylic oxidation sites excluding steroid dienone is 1. The first-order chi connectivity index (χ1) is 23.0. The number of nitrogens with zero attached hydrogens (tertiary/aromatic N) is 1. The molecule has 242 valence electrons. The van der Waals surface area contributed by atoms with E-state index in [4.69, 9.17) is 9.39 Å². The molecule has 2 aliphatic carbocycles. The lowest BCUT2D eigenvalue weighted by molar-refractivity contribution is -0.143. The highest BCUT2D eigenvalue weighted by Crippen LogP contribution is 2.51. The van der Waals surface area contributed by atoms with Crippen LogP contribution in [0.15, 0.2) is 96.1 Å². The molecule has 0 bridgehead atoms. The molecule has 0 unspecified atom stereocenters. The van der Waals surface area contributed by atoms with Crippen LogP contribution >= 0.6 is 0 Å². The first kappa shape index (κ1) is 31.5. The number of hydrogen-bond acceptors (Lipinski definition) is 6. The van der Waals surface area contributed by atoms with Crippen molar-refractivity contribution in [3.8, 4) is 11.5 Å². The standard InChI is InChI=1S/C39H42BNO6/c42-31-19-16-26(17-20-31)22-28(27-10-4-1-5-11-27)18-21-35-36-29(25-46-32-14-8-3-9-15-32)23-33-37(34(36)24-40(45)47-35)39(44)41(38(33)43)30-12-6-2-7-13-30/h1,3-5,8-11,14-17,19-20,22,30,33-35,37,42,45H,2,6-7,12-13,18,21,23-25H2/b28-22-/t33-,34+,35-,37-/m1/s1. The van der Waals surface area contributed by atoms with Crippen LogP contribution in [0.25, 0.3) is 11.6 Å². The lowest BCUT2D eigenvalue weighted by Gasteiger charge is -2.43. The average Bonchev–Trinajstić information content (AvgIpc) is 3.36. The predicted octanol–water partition coefficient (Wildman–Crippen LogP) is 6.92. The molecule has 3 aromatic carbocycles. The Morgan fingerprint density at radius 3 is 2.32 bits per heavy atom. The zero-order valence-corrected chi connectivity index (χ0v) is 26.7. The van der Waals surface area contributed by atoms with Gasteiger partial charge in [0.2, 0.25) is 11.8 Å². The third-order valence-electron chi connectivity index (χ3n) is 10.5. The number of carbonyl (C=O) groups is 2. The Morgan fingerprint density at radius 2 is 1.60 bits per heavy atom. The van der Waals surface area contributed by atoms with Crippen LogP contribution < -0.4 is 4.74 Å². The molecule has 2 saturated heterocycles. The van der Waals surface area contributed by atoms with Gasteiger partial charge in [-0.2, -0.15) is 0 Å². The molecule has 8 heteroatoms. The summed E-state index contributed by atoms with van der Waals surface area (Å²) in [5.74, 6) is -0.369. The fraction of sp³-hybridized carbons (Fsp3) is 0.385. The number of hydrogen-bond donors (Lipinski definition) is 2. The van der Waals surface area contributed by atoms with Crippen molar-refractivity contribution < 1.29 is 29.1 Å². The van der Waals surface area contributed by atoms with Crippen molar-refractivity contribution >= 4 is 30.6 Å². The van der Waals surface area contributed by atoms with E-state index in [2.05, 4.69) is 18.2 Å². The van der Waals surface area contributed by atoms with Crippen LogP contribution in [0.2, 0.25) is 6.32 Å². The fourth-order valence-corrected chi connectivity index (χ4v) is 8.32. The normalized spacial score (nSPS) is 25.2. The van der Waals surface area contributed by atoms with Gasteiger partial charge in [-0.15, -0.1) is 0 Å². The van der Waals surface area contributed by atoms with Crippen molar-refractivity contribution in [1.82, 2.24) is 4.90 Å². The van der Waals surface area contributed by atoms with Crippen LogP contribution in [0.5, 0.6) is 11.5 Å². The summed E-state index contributed by atoms with van der Waals surface area (Å²) >= 11 is 0. The number of phenols is 1. The first-order valence-corrected chi connectivity index (χ1v) is 17.1. The van der Waals surface area contributed by atoms with Gasteiger partial charge in [0.15, 0.2) is 0 Å². The van der Waals surface area contributed by atoms with Gasteiger partial charge in [0.25, 0.3) is 0 Å². The molecule has 3 aromatic rings. The summed E-state index contributed by atoms with van der Waals surface area (Å²) < 4.78 is 12.6. The minimum absolute atomic E-state index is 0.0270. The second-order valence-corrected chi connectivity index (χ2v) is 13.4. The Balaban J connectivity index is 1.22. The van der Waals surface area contributed by atoms with E-state index in [1.54, 1.807) is 17.0 Å². The summed E-state index contributed by atoms with van der Waals surface area (Å²) in [5.41, 5.74) is 5.18. The van der Waals surface area contributed by atoms with E-state index >= 15 is 0 Å². The molecular weight excluding hydrogens is 589 g/mol. The molecule has 0 spiro atoms. The predicted molar refractivity (Wildman–Crippen MR) is 182 cm³/mol. The molecule has 3 fully saturated rings. The summed E-state index contributed by atoms with van der Waals surface area (Å²) in [4.78, 5) is 29.8. The number of fused-ring (bicyclic) bond motifs is 3. The SMILES string of the molecule is O=C1[C@@H]2[C@@H](CC(COc3ccccc3)=C3[C@@H](CC/C(=C/c4ccc(O)cc4)c4ccccc4)OB(O)C[C@@H]32)C(=O)N1C1CCCCC1. The summed E-state index contributed by atoms with van der Waals surface area (Å²) in [5, 5.41) is 20.9. The lowest BCUT2D eigenvalue weighted by Crippen LogP contribution is -2.47. The number of rotatable bonds is 9. The fourth-order valence-electron chi connectivity index (χ4n) is 8.32. The minimum Gasteiger partial charge on any atom is -0.508 e. The van der Waals surface area contributed by atoms with Gasteiger partial charge in [0.1, 0.15) is 18.1 Å². The Labute approximate surface area is 277 Å². The van der Waals surface area contributed by atoms with Crippen LogP contribution in [0.4, 0.5) is 0 Å². The second kappa shape index (κ2) is 13.9. The van der Waals surface area contributed by atoms with E-state index in [0.29, 0.717) is 25.9 Å². The van der Waals surface area contributed by atoms with Crippen molar-refractivity contribution in [3.05, 3.63) is 107 Å². The Bertz CT molecular complexity index is 1630. The van der Waals surface area contributed by atoms with E-state index in [1.807, 2.05) is 60.7 Å². The molecular formula is C39H42BNO6. The van der Waals surface area contributed by atoms with Gasteiger partial charge in [-0.3, -0.25) is 14.5 Å². The number of likely N-dealkylation sites (tertiary alicyclic amines) is 1. The first-order valence-electron chi connectivity index (χ1n) is 17.1. The number of carbonyl (C=O) groups excluding carboxylic acids is 2. The topological polar surface area (TPSA) is 96.3 Å². The molecule has 0 aromatic heterocycles. The van der Waals surface area contributed by atoms with Crippen LogP contribution in [-0.2, 0) is 14.2 Å². The minimum atomic E-state index is -1.03. The van der Waals surface area contributed by atoms with E-state index in [-0.39, 0.29) is 35.8 Å². The molecule has 1 saturated carbocycles. The zero-order chi connectivity index (χ0) is 32.3. The van der Waals surface area contributed by atoms with Gasteiger partial charge >= 0.3 is 7.12 Å². The smallest absolute Gasteiger partial charge is 0.455 e. The van der Waals surface area contributed by atoms with Crippen LogP contribution in [0.1, 0.15) is 62.5 Å². The maximum absolute atomic E-state index is 14.2. The van der Waals surface area contributed by atoms with Gasteiger partial charge in [-0.05, 0) is 96.5 Å². The van der Waals surface area contributed by atoms with E-state index in [0.717, 1.165) is 65.7 Å². The largest absolute Gasteiger partial charge is 0.508 e. The molecule has 47 heavy (non-hydrogen) atoms. The van der Waals surface area contributed by atoms with Crippen molar-refractivity contribution in [1.29, 1.82) is 0 Å². The Kier molecular flexibility index (Phi) is 9.32. The van der Waals surface area contributed by atoms with Gasteiger partial charge in [0.05, 0.1) is 17.9 Å². The molecule has 2 aliphatic heterocycles. The highest BCUT2D eigenvalue weighted by atomic mass is 16.5. The number of phenolic OH excluding ortho intramolecular Hbond substituents is 1. The summed E-state index contributed by atoms with van der Waals surface area (Å²) in [6.45, 7) is 0.300. The molecule has 7 rings (SSSR count). The number of benzene rings is 3. The number of amides is 2. The summed E-state index contributed by atoms with van der Waals surface area (Å²) in [7, 11) is -1.03. The van der Waals surface area contributed by atoms with Gasteiger partial charge in [-0.25, -0.2) is 0 Å². The van der Waals surface area contributed by atoms with E-state index < -0.39 is 25.1 Å². The number of imide groups is 1. The monoisotopic (exact) mass is 631 g/mol. The molecule has 0 radical (unpaired) electrons. The van der Waals surface area contributed by atoms with Crippen molar-refractivity contribution in [2.45, 2.75) is 69.8 Å². The summed E-state index contributed by atoms with van der Waals surface area (Å²) in [6, 6.07) is 26.9. The van der Waals surface area contributed by atoms with Crippen LogP contribution in [0.3, 0.4) is 0 Å². The van der Waals surface area contributed by atoms with Gasteiger partial charge in [-0.1, -0.05) is 86.0 Å². The van der Waals surface area contributed by atoms with E-state index in [1.165, 1.54) is 0 Å². The van der Waals surface area contributed by atoms with Gasteiger partial charge < -0.3 is 19.5 Å². The van der Waals surface area contributed by atoms with E-state index in [9.17, 15) is 19.7 Å². The summed E-state index contributed by atoms with van der Waals surface area (Å²) in [6.07, 6.45) is 8.64. The zero-order valence-electron chi connectivity index (χ0n) is 26.7.